The predicted molar refractivity (Wildman–Crippen MR) is 232 cm³/mol. The molecule has 0 atom stereocenters. The Kier molecular flexibility index (Phi) is 14.0. The molecule has 9 nitrogen and oxygen atoms in total. The number of nitrogens with zero attached hydrogens (tertiary/aromatic N) is 3. The largest absolute Gasteiger partial charge is 0.488 e. The number of pyridine rings is 1. The third-order valence-corrected chi connectivity index (χ3v) is 11.9. The second kappa shape index (κ2) is 19.5. The summed E-state index contributed by atoms with van der Waals surface area (Å²) < 4.78 is 61.4. The van der Waals surface area contributed by atoms with Crippen molar-refractivity contribution in [3.8, 4) is 28.1 Å². The first kappa shape index (κ1) is 43.0. The number of hydrogen-bond acceptors (Lipinski definition) is 8. The number of imidazole rings is 1. The maximum absolute atomic E-state index is 14.8. The van der Waals surface area contributed by atoms with E-state index in [2.05, 4.69) is 32.2 Å². The van der Waals surface area contributed by atoms with Crippen LogP contribution in [0.3, 0.4) is 0 Å². The van der Waals surface area contributed by atoms with E-state index < -0.39 is 11.6 Å². The second-order valence-corrected chi connectivity index (χ2v) is 16.0. The molecule has 0 unspecified atom stereocenters. The van der Waals surface area contributed by atoms with Crippen molar-refractivity contribution in [3.63, 3.8) is 0 Å². The van der Waals surface area contributed by atoms with Crippen molar-refractivity contribution in [1.29, 1.82) is 0 Å². The summed E-state index contributed by atoms with van der Waals surface area (Å²) in [6, 6.07) is 29.4. The van der Waals surface area contributed by atoms with E-state index in [0.29, 0.717) is 67.5 Å². The number of anilines is 1. The molecule has 12 heteroatoms. The average Bonchev–Trinajstić information content (AvgIpc) is 3.61. The van der Waals surface area contributed by atoms with Gasteiger partial charge in [-0.3, -0.25) is 9.20 Å². The Hall–Kier alpha value is -5.14. The fourth-order valence-corrected chi connectivity index (χ4v) is 8.25. The standard InChI is InChI=1S/C48H50BrF2N3O6/c1-32-33(2)46-52-44(37-17-11-16-36(26-37)39-27-40(50)41(51)29-42(39)59-31-35-14-9-6-10-15-35)45(49)54(46)47(38(32)28-43(55)56-4)53-20-18-48(3,19-21-53)60-25-24-57-22-23-58-30-34-12-7-5-8-13-34/h5-17,26-27,29H,18-25,28,30-31H2,1-4H3. The third kappa shape index (κ3) is 9.90. The fourth-order valence-electron chi connectivity index (χ4n) is 7.60. The summed E-state index contributed by atoms with van der Waals surface area (Å²) in [6.45, 7) is 10.2. The molecule has 60 heavy (non-hydrogen) atoms. The number of halogens is 3. The minimum absolute atomic E-state index is 0.0858. The van der Waals surface area contributed by atoms with Crippen LogP contribution in [-0.4, -0.2) is 67.6 Å². The van der Waals surface area contributed by atoms with Crippen LogP contribution in [0.5, 0.6) is 5.75 Å². The predicted octanol–water partition coefficient (Wildman–Crippen LogP) is 10.2. The zero-order valence-electron chi connectivity index (χ0n) is 34.4. The summed E-state index contributed by atoms with van der Waals surface area (Å²) in [5.74, 6) is -1.21. The molecule has 1 saturated heterocycles. The summed E-state index contributed by atoms with van der Waals surface area (Å²) in [5, 5.41) is 0. The van der Waals surface area contributed by atoms with E-state index in [4.69, 9.17) is 28.7 Å². The van der Waals surface area contributed by atoms with Crippen molar-refractivity contribution in [2.45, 2.75) is 58.8 Å². The Morgan fingerprint density at radius 3 is 2.12 bits per heavy atom. The lowest BCUT2D eigenvalue weighted by atomic mass is 9.92. The number of carbonyl (C=O) groups is 1. The number of ether oxygens (including phenoxy) is 5. The summed E-state index contributed by atoms with van der Waals surface area (Å²) in [6.07, 6.45) is 1.59. The Labute approximate surface area is 358 Å². The topological polar surface area (TPSA) is 83.8 Å². The molecule has 6 aromatic rings. The van der Waals surface area contributed by atoms with E-state index in [1.54, 1.807) is 0 Å². The summed E-state index contributed by atoms with van der Waals surface area (Å²) in [4.78, 5) is 20.4. The number of hydrogen-bond donors (Lipinski definition) is 0. The molecule has 0 amide bonds. The average molecular weight is 883 g/mol. The molecule has 3 heterocycles. The summed E-state index contributed by atoms with van der Waals surface area (Å²) >= 11 is 3.92. The molecular formula is C48H50BrF2N3O6. The highest BCUT2D eigenvalue weighted by Crippen LogP contribution is 2.41. The van der Waals surface area contributed by atoms with Crippen LogP contribution < -0.4 is 9.64 Å². The van der Waals surface area contributed by atoms with Crippen molar-refractivity contribution in [1.82, 2.24) is 9.38 Å². The van der Waals surface area contributed by atoms with Gasteiger partial charge in [-0.25, -0.2) is 13.8 Å². The van der Waals surface area contributed by atoms with Gasteiger partial charge in [0.25, 0.3) is 0 Å². The molecule has 2 aromatic heterocycles. The number of aromatic nitrogens is 2. The van der Waals surface area contributed by atoms with Crippen LogP contribution >= 0.6 is 15.9 Å². The summed E-state index contributed by atoms with van der Waals surface area (Å²) in [7, 11) is 1.40. The van der Waals surface area contributed by atoms with Crippen molar-refractivity contribution < 1.29 is 37.3 Å². The smallest absolute Gasteiger partial charge is 0.310 e. The molecule has 0 spiro atoms. The quantitative estimate of drug-likeness (QED) is 0.0662. The normalized spacial score (nSPS) is 13.8. The van der Waals surface area contributed by atoms with Gasteiger partial charge in [-0.15, -0.1) is 0 Å². The number of rotatable bonds is 17. The van der Waals surface area contributed by atoms with Gasteiger partial charge in [-0.2, -0.15) is 0 Å². The van der Waals surface area contributed by atoms with Crippen LogP contribution in [0.2, 0.25) is 0 Å². The monoisotopic (exact) mass is 881 g/mol. The molecule has 7 rings (SSSR count). The zero-order valence-corrected chi connectivity index (χ0v) is 36.0. The number of piperidine rings is 1. The first-order valence-electron chi connectivity index (χ1n) is 20.2. The molecule has 0 saturated carbocycles. The number of benzene rings is 4. The Morgan fingerprint density at radius 2 is 1.42 bits per heavy atom. The zero-order chi connectivity index (χ0) is 42.2. The fraction of sp³-hybridized carbons (Fsp3) is 0.333. The number of methoxy groups -OCH3 is 1. The van der Waals surface area contributed by atoms with Crippen LogP contribution in [0.1, 0.15) is 47.6 Å². The Bertz CT molecular complexity index is 2420. The molecular weight excluding hydrogens is 832 g/mol. The highest BCUT2D eigenvalue weighted by molar-refractivity contribution is 9.10. The van der Waals surface area contributed by atoms with Crippen molar-refractivity contribution in [2.75, 3.05) is 51.5 Å². The minimum atomic E-state index is -0.989. The number of aryl methyl sites for hydroxylation is 1. The molecule has 1 aliphatic rings. The van der Waals surface area contributed by atoms with Crippen molar-refractivity contribution >= 4 is 33.4 Å². The van der Waals surface area contributed by atoms with Gasteiger partial charge in [0.05, 0.1) is 52.2 Å². The SMILES string of the molecule is COC(=O)Cc1c(C)c(C)c2nc(-c3cccc(-c4cc(F)c(F)cc4OCc4ccccc4)c3)c(Br)n2c1N1CCC(C)(OCCOCCOCc2ccccc2)CC1. The molecule has 1 aliphatic heterocycles. The van der Waals surface area contributed by atoms with Gasteiger partial charge in [0.1, 0.15) is 34.1 Å². The molecule has 0 aliphatic carbocycles. The maximum Gasteiger partial charge on any atom is 0.310 e. The number of fused-ring (bicyclic) bond motifs is 1. The van der Waals surface area contributed by atoms with Gasteiger partial charge in [-0.1, -0.05) is 78.9 Å². The molecule has 1 fully saturated rings. The molecule has 0 radical (unpaired) electrons. The highest BCUT2D eigenvalue weighted by atomic mass is 79.9. The Balaban J connectivity index is 1.12. The van der Waals surface area contributed by atoms with Gasteiger partial charge >= 0.3 is 5.97 Å². The van der Waals surface area contributed by atoms with E-state index >= 15 is 0 Å². The highest BCUT2D eigenvalue weighted by Gasteiger charge is 2.34. The van der Waals surface area contributed by atoms with Crippen LogP contribution in [0.15, 0.2) is 102 Å². The Morgan fingerprint density at radius 1 is 0.783 bits per heavy atom. The lowest BCUT2D eigenvalue weighted by Gasteiger charge is -2.41. The summed E-state index contributed by atoms with van der Waals surface area (Å²) in [5.41, 5.74) is 7.61. The van der Waals surface area contributed by atoms with Crippen LogP contribution in [-0.2, 0) is 43.4 Å². The van der Waals surface area contributed by atoms with E-state index in [-0.39, 0.29) is 30.3 Å². The lowest BCUT2D eigenvalue weighted by molar-refractivity contribution is -0.139. The van der Waals surface area contributed by atoms with Crippen LogP contribution in [0, 0.1) is 25.5 Å². The van der Waals surface area contributed by atoms with Crippen molar-refractivity contribution in [2.24, 2.45) is 0 Å². The van der Waals surface area contributed by atoms with Crippen LogP contribution in [0.25, 0.3) is 28.0 Å². The molecule has 0 N–H and O–H groups in total. The second-order valence-electron chi connectivity index (χ2n) is 15.3. The van der Waals surface area contributed by atoms with E-state index in [9.17, 15) is 13.6 Å². The van der Waals surface area contributed by atoms with Crippen molar-refractivity contribution in [3.05, 3.63) is 141 Å². The molecule has 4 aromatic carbocycles. The van der Waals surface area contributed by atoms with Gasteiger partial charge < -0.3 is 28.6 Å². The van der Waals surface area contributed by atoms with Gasteiger partial charge in [0.15, 0.2) is 11.6 Å². The first-order valence-corrected chi connectivity index (χ1v) is 21.0. The number of esters is 1. The molecule has 0 bridgehead atoms. The van der Waals surface area contributed by atoms with Gasteiger partial charge in [0.2, 0.25) is 0 Å². The van der Waals surface area contributed by atoms with E-state index in [1.807, 2.05) is 98.8 Å². The van der Waals surface area contributed by atoms with E-state index in [0.717, 1.165) is 63.8 Å². The molecule has 314 valence electrons. The van der Waals surface area contributed by atoms with Gasteiger partial charge in [-0.05, 0) is 89.5 Å². The number of carbonyl (C=O) groups excluding carboxylic acids is 1. The van der Waals surface area contributed by atoms with Gasteiger partial charge in [0, 0.05) is 35.8 Å². The van der Waals surface area contributed by atoms with Crippen LogP contribution in [0.4, 0.5) is 14.6 Å². The third-order valence-electron chi connectivity index (χ3n) is 11.2. The lowest BCUT2D eigenvalue weighted by Crippen LogP contribution is -2.45. The maximum atomic E-state index is 14.8. The van der Waals surface area contributed by atoms with E-state index in [1.165, 1.54) is 13.2 Å². The minimum Gasteiger partial charge on any atom is -0.488 e. The first-order chi connectivity index (χ1) is 29.0.